The summed E-state index contributed by atoms with van der Waals surface area (Å²) >= 11 is 0. The number of carboxylic acid groups (broad SMARTS) is 1. The van der Waals surface area contributed by atoms with Crippen LogP contribution in [0.2, 0.25) is 0 Å². The number of carboxylic acids is 1. The van der Waals surface area contributed by atoms with Crippen molar-refractivity contribution in [1.29, 1.82) is 5.26 Å². The molecule has 1 saturated carbocycles. The highest BCUT2D eigenvalue weighted by Gasteiger charge is 2.46. The molecule has 1 aliphatic rings. The summed E-state index contributed by atoms with van der Waals surface area (Å²) in [6.45, 7) is 0. The van der Waals surface area contributed by atoms with Crippen molar-refractivity contribution >= 4 is 5.97 Å². The van der Waals surface area contributed by atoms with E-state index < -0.39 is 17.2 Å². The summed E-state index contributed by atoms with van der Waals surface area (Å²) in [5.74, 6) is -1.77. The molecule has 1 aromatic carbocycles. The number of hydrogen-bond donors (Lipinski definition) is 1. The van der Waals surface area contributed by atoms with Gasteiger partial charge in [-0.1, -0.05) is 6.07 Å². The maximum atomic E-state index is 13.5. The molecule has 0 aromatic heterocycles. The molecule has 1 N–H and O–H groups in total. The fourth-order valence-electron chi connectivity index (χ4n) is 1.60. The van der Waals surface area contributed by atoms with Gasteiger partial charge in [0, 0.05) is 5.56 Å². The van der Waals surface area contributed by atoms with Crippen molar-refractivity contribution in [3.63, 3.8) is 0 Å². The fraction of sp³-hybridized carbons (Fsp3) is 0.273. The normalized spacial score (nSPS) is 16.8. The smallest absolute Gasteiger partial charge is 0.335 e. The molecular formula is C11H8FNO2. The van der Waals surface area contributed by atoms with Gasteiger partial charge in [-0.3, -0.25) is 0 Å². The van der Waals surface area contributed by atoms with E-state index in [0.717, 1.165) is 6.07 Å². The highest BCUT2D eigenvalue weighted by Crippen LogP contribution is 2.48. The van der Waals surface area contributed by atoms with Crippen LogP contribution in [0.15, 0.2) is 18.2 Å². The quantitative estimate of drug-likeness (QED) is 0.803. The Balaban J connectivity index is 2.45. The second kappa shape index (κ2) is 3.06. The number of rotatable bonds is 2. The standard InChI is InChI=1S/C11H8FNO2/c12-9-5-7(10(14)15)1-2-8(9)11(6-13)3-4-11/h1-2,5H,3-4H2,(H,14,15). The number of aromatic carboxylic acids is 1. The molecule has 0 unspecified atom stereocenters. The lowest BCUT2D eigenvalue weighted by Gasteiger charge is -2.07. The molecule has 1 fully saturated rings. The van der Waals surface area contributed by atoms with E-state index in [2.05, 4.69) is 6.07 Å². The minimum Gasteiger partial charge on any atom is -0.478 e. The molecular weight excluding hydrogens is 197 g/mol. The zero-order valence-electron chi connectivity index (χ0n) is 7.83. The van der Waals surface area contributed by atoms with E-state index in [1.807, 2.05) is 0 Å². The van der Waals surface area contributed by atoms with Gasteiger partial charge in [0.2, 0.25) is 0 Å². The second-order valence-corrected chi connectivity index (χ2v) is 3.69. The molecule has 2 rings (SSSR count). The van der Waals surface area contributed by atoms with E-state index in [1.54, 1.807) is 0 Å². The third-order valence-electron chi connectivity index (χ3n) is 2.70. The molecule has 4 heteroatoms. The van der Waals surface area contributed by atoms with Crippen LogP contribution < -0.4 is 0 Å². The van der Waals surface area contributed by atoms with Crippen molar-refractivity contribution in [3.8, 4) is 6.07 Å². The first-order chi connectivity index (χ1) is 7.09. The zero-order chi connectivity index (χ0) is 11.1. The molecule has 1 aromatic rings. The Morgan fingerprint density at radius 2 is 2.20 bits per heavy atom. The van der Waals surface area contributed by atoms with E-state index in [-0.39, 0.29) is 5.56 Å². The van der Waals surface area contributed by atoms with Gasteiger partial charge in [0.15, 0.2) is 0 Å². The third-order valence-corrected chi connectivity index (χ3v) is 2.70. The first-order valence-electron chi connectivity index (χ1n) is 4.54. The Kier molecular flexibility index (Phi) is 1.97. The van der Waals surface area contributed by atoms with Crippen molar-refractivity contribution in [2.75, 3.05) is 0 Å². The van der Waals surface area contributed by atoms with Crippen LogP contribution in [0.4, 0.5) is 4.39 Å². The van der Waals surface area contributed by atoms with Crippen LogP contribution in [0.1, 0.15) is 28.8 Å². The van der Waals surface area contributed by atoms with Crippen molar-refractivity contribution in [3.05, 3.63) is 35.1 Å². The van der Waals surface area contributed by atoms with E-state index >= 15 is 0 Å². The summed E-state index contributed by atoms with van der Waals surface area (Å²) in [5.41, 5.74) is -0.485. The zero-order valence-corrected chi connectivity index (χ0v) is 7.83. The molecule has 0 aliphatic heterocycles. The number of nitrogens with zero attached hydrogens (tertiary/aromatic N) is 1. The largest absolute Gasteiger partial charge is 0.478 e. The second-order valence-electron chi connectivity index (χ2n) is 3.69. The topological polar surface area (TPSA) is 61.1 Å². The fourth-order valence-corrected chi connectivity index (χ4v) is 1.60. The Morgan fingerprint density at radius 3 is 2.60 bits per heavy atom. The van der Waals surface area contributed by atoms with Crippen LogP contribution >= 0.6 is 0 Å². The first kappa shape index (κ1) is 9.66. The molecule has 0 bridgehead atoms. The molecule has 0 atom stereocenters. The lowest BCUT2D eigenvalue weighted by molar-refractivity contribution is 0.0696. The third kappa shape index (κ3) is 1.46. The van der Waals surface area contributed by atoms with Gasteiger partial charge in [-0.2, -0.15) is 5.26 Å². The summed E-state index contributed by atoms with van der Waals surface area (Å²) in [6.07, 6.45) is 1.29. The molecule has 76 valence electrons. The monoisotopic (exact) mass is 205 g/mol. The Labute approximate surface area is 85.8 Å². The van der Waals surface area contributed by atoms with Gasteiger partial charge >= 0.3 is 5.97 Å². The minimum atomic E-state index is -1.16. The average Bonchev–Trinajstić information content (AvgIpc) is 2.98. The predicted molar refractivity (Wildman–Crippen MR) is 49.9 cm³/mol. The summed E-state index contributed by atoms with van der Waals surface area (Å²) in [5, 5.41) is 17.5. The van der Waals surface area contributed by atoms with Gasteiger partial charge in [-0.25, -0.2) is 9.18 Å². The van der Waals surface area contributed by atoms with Crippen LogP contribution in [0.3, 0.4) is 0 Å². The molecule has 0 spiro atoms. The lowest BCUT2D eigenvalue weighted by atomic mass is 9.96. The van der Waals surface area contributed by atoms with Gasteiger partial charge in [0.1, 0.15) is 5.82 Å². The number of nitriles is 1. The number of carbonyl (C=O) groups is 1. The summed E-state index contributed by atoms with van der Waals surface area (Å²) in [4.78, 5) is 10.6. The first-order valence-corrected chi connectivity index (χ1v) is 4.54. The highest BCUT2D eigenvalue weighted by molar-refractivity contribution is 5.87. The summed E-state index contributed by atoms with van der Waals surface area (Å²) < 4.78 is 13.5. The van der Waals surface area contributed by atoms with Crippen LogP contribution in [0.5, 0.6) is 0 Å². The Morgan fingerprint density at radius 1 is 1.53 bits per heavy atom. The van der Waals surface area contributed by atoms with Crippen LogP contribution in [0.25, 0.3) is 0 Å². The molecule has 3 nitrogen and oxygen atoms in total. The van der Waals surface area contributed by atoms with Gasteiger partial charge in [-0.05, 0) is 25.0 Å². The number of benzene rings is 1. The van der Waals surface area contributed by atoms with Gasteiger partial charge < -0.3 is 5.11 Å². The molecule has 0 saturated heterocycles. The average molecular weight is 205 g/mol. The van der Waals surface area contributed by atoms with E-state index in [4.69, 9.17) is 10.4 Å². The molecule has 0 heterocycles. The molecule has 1 aliphatic carbocycles. The maximum Gasteiger partial charge on any atom is 0.335 e. The van der Waals surface area contributed by atoms with Gasteiger partial charge in [0.25, 0.3) is 0 Å². The summed E-state index contributed by atoms with van der Waals surface area (Å²) in [7, 11) is 0. The number of halogens is 1. The van der Waals surface area contributed by atoms with Crippen LogP contribution in [0, 0.1) is 17.1 Å². The minimum absolute atomic E-state index is 0.0926. The Hall–Kier alpha value is -1.89. The van der Waals surface area contributed by atoms with Gasteiger partial charge in [-0.15, -0.1) is 0 Å². The Bertz CT molecular complexity index is 472. The van der Waals surface area contributed by atoms with Crippen LogP contribution in [-0.2, 0) is 5.41 Å². The SMILES string of the molecule is N#CC1(c2ccc(C(=O)O)cc2F)CC1. The van der Waals surface area contributed by atoms with E-state index in [0.29, 0.717) is 18.4 Å². The van der Waals surface area contributed by atoms with Crippen molar-refractivity contribution in [2.24, 2.45) is 0 Å². The van der Waals surface area contributed by atoms with Crippen molar-refractivity contribution in [1.82, 2.24) is 0 Å². The van der Waals surface area contributed by atoms with Gasteiger partial charge in [0.05, 0.1) is 17.0 Å². The van der Waals surface area contributed by atoms with E-state index in [1.165, 1.54) is 12.1 Å². The molecule has 0 radical (unpaired) electrons. The lowest BCUT2D eigenvalue weighted by Crippen LogP contribution is -2.07. The van der Waals surface area contributed by atoms with Crippen LogP contribution in [-0.4, -0.2) is 11.1 Å². The molecule has 0 amide bonds. The summed E-state index contributed by atoms with van der Waals surface area (Å²) in [6, 6.07) is 5.77. The van der Waals surface area contributed by atoms with Crippen molar-refractivity contribution in [2.45, 2.75) is 18.3 Å². The molecule has 15 heavy (non-hydrogen) atoms. The van der Waals surface area contributed by atoms with E-state index in [9.17, 15) is 9.18 Å². The number of hydrogen-bond acceptors (Lipinski definition) is 2. The highest BCUT2D eigenvalue weighted by atomic mass is 19.1. The van der Waals surface area contributed by atoms with Crippen molar-refractivity contribution < 1.29 is 14.3 Å². The predicted octanol–water partition coefficient (Wildman–Crippen LogP) is 2.08. The maximum absolute atomic E-state index is 13.5.